The first-order valence-electron chi connectivity index (χ1n) is 7.11. The van der Waals surface area contributed by atoms with E-state index >= 15 is 0 Å². The molecular weight excluding hydrogens is 240 g/mol. The Labute approximate surface area is 113 Å². The molecule has 1 heterocycles. The average molecular weight is 260 g/mol. The van der Waals surface area contributed by atoms with E-state index < -0.39 is 0 Å². The molecule has 0 aliphatic heterocycles. The largest absolute Gasteiger partial charge is 0.300 e. The van der Waals surface area contributed by atoms with Gasteiger partial charge in [0.15, 0.2) is 0 Å². The zero-order valence-electron chi connectivity index (χ0n) is 11.4. The second kappa shape index (κ2) is 5.15. The van der Waals surface area contributed by atoms with E-state index in [-0.39, 0.29) is 5.91 Å². The van der Waals surface area contributed by atoms with Crippen LogP contribution in [0, 0.1) is 0 Å². The number of hydrogen-bond donors (Lipinski definition) is 1. The summed E-state index contributed by atoms with van der Waals surface area (Å²) in [5, 5.41) is 11.1. The van der Waals surface area contributed by atoms with Gasteiger partial charge in [0.05, 0.1) is 0 Å². The van der Waals surface area contributed by atoms with Gasteiger partial charge in [0.25, 0.3) is 0 Å². The van der Waals surface area contributed by atoms with Gasteiger partial charge < -0.3 is 4.57 Å². The average Bonchev–Trinajstić information content (AvgIpc) is 3.18. The van der Waals surface area contributed by atoms with Crippen LogP contribution in [0.5, 0.6) is 0 Å². The highest BCUT2D eigenvalue weighted by Gasteiger charge is 2.29. The molecule has 5 nitrogen and oxygen atoms in total. The van der Waals surface area contributed by atoms with E-state index in [0.29, 0.717) is 18.3 Å². The summed E-state index contributed by atoms with van der Waals surface area (Å²) in [7, 11) is 1.92. The third-order valence-electron chi connectivity index (χ3n) is 3.87. The molecule has 2 aliphatic carbocycles. The summed E-state index contributed by atoms with van der Waals surface area (Å²) in [5.74, 6) is 2.13. The number of carbonyl (C=O) groups is 1. The first kappa shape index (κ1) is 12.4. The second-order valence-corrected chi connectivity index (χ2v) is 5.55. The Kier molecular flexibility index (Phi) is 3.36. The molecule has 0 aromatic carbocycles. The van der Waals surface area contributed by atoms with Crippen molar-refractivity contribution >= 4 is 11.9 Å². The molecular formula is C14H20N4O. The fraction of sp³-hybridized carbons (Fsp3) is 0.643. The number of carbonyl (C=O) groups excluding carboxylic acids is 1. The molecule has 1 fully saturated rings. The van der Waals surface area contributed by atoms with Crippen LogP contribution in [0.2, 0.25) is 0 Å². The van der Waals surface area contributed by atoms with Gasteiger partial charge in [-0.1, -0.05) is 11.6 Å². The van der Waals surface area contributed by atoms with E-state index in [4.69, 9.17) is 0 Å². The van der Waals surface area contributed by atoms with E-state index in [2.05, 4.69) is 21.6 Å². The number of rotatable bonds is 4. The number of aromatic nitrogens is 3. The van der Waals surface area contributed by atoms with Gasteiger partial charge in [0.2, 0.25) is 11.9 Å². The normalized spacial score (nSPS) is 19.1. The predicted octanol–water partition coefficient (Wildman–Crippen LogP) is 2.52. The molecule has 0 bridgehead atoms. The fourth-order valence-corrected chi connectivity index (χ4v) is 2.59. The molecule has 0 saturated heterocycles. The van der Waals surface area contributed by atoms with Gasteiger partial charge in [-0.2, -0.15) is 0 Å². The molecule has 102 valence electrons. The minimum atomic E-state index is 0.0194. The topological polar surface area (TPSA) is 59.8 Å². The third-order valence-corrected chi connectivity index (χ3v) is 3.87. The van der Waals surface area contributed by atoms with Crippen LogP contribution in [0.25, 0.3) is 0 Å². The fourth-order valence-electron chi connectivity index (χ4n) is 2.59. The predicted molar refractivity (Wildman–Crippen MR) is 72.8 cm³/mol. The lowest BCUT2D eigenvalue weighted by molar-refractivity contribution is -0.115. The van der Waals surface area contributed by atoms with Crippen LogP contribution in [-0.4, -0.2) is 20.7 Å². The number of allylic oxidation sites excluding steroid dienone is 1. The van der Waals surface area contributed by atoms with Gasteiger partial charge in [-0.25, -0.2) is 0 Å². The summed E-state index contributed by atoms with van der Waals surface area (Å²) >= 11 is 0. The SMILES string of the molecule is Cn1c(NC(=O)CC2=CCCCC2)nnc1C1CC1. The Morgan fingerprint density at radius 3 is 2.95 bits per heavy atom. The summed E-state index contributed by atoms with van der Waals surface area (Å²) in [6.07, 6.45) is 9.69. The molecule has 1 N–H and O–H groups in total. The Morgan fingerprint density at radius 1 is 1.42 bits per heavy atom. The quantitative estimate of drug-likeness (QED) is 0.846. The molecule has 5 heteroatoms. The van der Waals surface area contributed by atoms with Gasteiger partial charge in [-0.15, -0.1) is 10.2 Å². The van der Waals surface area contributed by atoms with Crippen LogP contribution in [0.1, 0.15) is 56.7 Å². The van der Waals surface area contributed by atoms with Crippen molar-refractivity contribution in [2.45, 2.75) is 50.9 Å². The van der Waals surface area contributed by atoms with Crippen LogP contribution in [0.4, 0.5) is 5.95 Å². The molecule has 1 amide bonds. The number of hydrogen-bond acceptors (Lipinski definition) is 3. The summed E-state index contributed by atoms with van der Waals surface area (Å²) in [5.41, 5.74) is 1.26. The van der Waals surface area contributed by atoms with E-state index in [0.717, 1.165) is 18.7 Å². The molecule has 2 aliphatic rings. The molecule has 1 saturated carbocycles. The molecule has 0 spiro atoms. The Bertz CT molecular complexity index is 514. The number of anilines is 1. The lowest BCUT2D eigenvalue weighted by Crippen LogP contribution is -2.16. The summed E-state index contributed by atoms with van der Waals surface area (Å²) in [4.78, 5) is 12.0. The monoisotopic (exact) mass is 260 g/mol. The van der Waals surface area contributed by atoms with Crippen molar-refractivity contribution in [3.8, 4) is 0 Å². The zero-order chi connectivity index (χ0) is 13.2. The van der Waals surface area contributed by atoms with Crippen molar-refractivity contribution < 1.29 is 4.79 Å². The van der Waals surface area contributed by atoms with Crippen LogP contribution in [0.15, 0.2) is 11.6 Å². The molecule has 0 atom stereocenters. The number of amides is 1. The molecule has 1 aromatic rings. The standard InChI is InChI=1S/C14H20N4O/c1-18-13(11-7-8-11)16-17-14(18)15-12(19)9-10-5-3-2-4-6-10/h5,11H,2-4,6-9H2,1H3,(H,15,17,19). The summed E-state index contributed by atoms with van der Waals surface area (Å²) < 4.78 is 1.91. The van der Waals surface area contributed by atoms with Gasteiger partial charge in [0.1, 0.15) is 5.82 Å². The van der Waals surface area contributed by atoms with Crippen LogP contribution in [-0.2, 0) is 11.8 Å². The van der Waals surface area contributed by atoms with Crippen molar-refractivity contribution in [2.24, 2.45) is 7.05 Å². The van der Waals surface area contributed by atoms with Gasteiger partial charge in [-0.05, 0) is 38.5 Å². The van der Waals surface area contributed by atoms with E-state index in [1.165, 1.54) is 31.3 Å². The van der Waals surface area contributed by atoms with E-state index in [1.807, 2.05) is 11.6 Å². The smallest absolute Gasteiger partial charge is 0.231 e. The molecule has 0 radical (unpaired) electrons. The molecule has 1 aromatic heterocycles. The highest BCUT2D eigenvalue weighted by molar-refractivity contribution is 5.90. The molecule has 3 rings (SSSR count). The molecule has 19 heavy (non-hydrogen) atoms. The highest BCUT2D eigenvalue weighted by atomic mass is 16.1. The highest BCUT2D eigenvalue weighted by Crippen LogP contribution is 2.39. The van der Waals surface area contributed by atoms with Crippen molar-refractivity contribution in [3.05, 3.63) is 17.5 Å². The third kappa shape index (κ3) is 2.85. The Morgan fingerprint density at radius 2 is 2.26 bits per heavy atom. The van der Waals surface area contributed by atoms with E-state index in [9.17, 15) is 4.79 Å². The first-order chi connectivity index (χ1) is 9.24. The van der Waals surface area contributed by atoms with Crippen molar-refractivity contribution in [1.29, 1.82) is 0 Å². The first-order valence-corrected chi connectivity index (χ1v) is 7.11. The minimum Gasteiger partial charge on any atom is -0.300 e. The maximum absolute atomic E-state index is 12.0. The summed E-state index contributed by atoms with van der Waals surface area (Å²) in [6.45, 7) is 0. The minimum absolute atomic E-state index is 0.0194. The number of nitrogens with one attached hydrogen (secondary N) is 1. The lowest BCUT2D eigenvalue weighted by Gasteiger charge is -2.12. The van der Waals surface area contributed by atoms with Crippen LogP contribution < -0.4 is 5.32 Å². The van der Waals surface area contributed by atoms with Gasteiger partial charge >= 0.3 is 0 Å². The van der Waals surface area contributed by atoms with Crippen LogP contribution >= 0.6 is 0 Å². The Balaban J connectivity index is 1.61. The molecule has 0 unspecified atom stereocenters. The van der Waals surface area contributed by atoms with Crippen molar-refractivity contribution in [2.75, 3.05) is 5.32 Å². The maximum Gasteiger partial charge on any atom is 0.231 e. The van der Waals surface area contributed by atoms with Gasteiger partial charge in [-0.3, -0.25) is 10.1 Å². The lowest BCUT2D eigenvalue weighted by atomic mass is 9.97. The Hall–Kier alpha value is -1.65. The van der Waals surface area contributed by atoms with Crippen LogP contribution in [0.3, 0.4) is 0 Å². The van der Waals surface area contributed by atoms with E-state index in [1.54, 1.807) is 0 Å². The second-order valence-electron chi connectivity index (χ2n) is 5.55. The van der Waals surface area contributed by atoms with Gasteiger partial charge in [0, 0.05) is 19.4 Å². The van der Waals surface area contributed by atoms with Crippen molar-refractivity contribution in [1.82, 2.24) is 14.8 Å². The number of nitrogens with zero attached hydrogens (tertiary/aromatic N) is 3. The zero-order valence-corrected chi connectivity index (χ0v) is 11.4. The van der Waals surface area contributed by atoms with Crippen molar-refractivity contribution in [3.63, 3.8) is 0 Å². The maximum atomic E-state index is 12.0. The summed E-state index contributed by atoms with van der Waals surface area (Å²) in [6, 6.07) is 0.